The molecule has 7 nitrogen and oxygen atoms in total. The van der Waals surface area contributed by atoms with Crippen LogP contribution in [0.15, 0.2) is 121 Å². The van der Waals surface area contributed by atoms with Gasteiger partial charge in [-0.1, -0.05) is 192 Å². The third kappa shape index (κ3) is 14.6. The van der Waals surface area contributed by atoms with Crippen molar-refractivity contribution in [3.63, 3.8) is 0 Å². The third-order valence-electron chi connectivity index (χ3n) is 10.4. The van der Waals surface area contributed by atoms with Gasteiger partial charge in [-0.2, -0.15) is 0 Å². The summed E-state index contributed by atoms with van der Waals surface area (Å²) in [5.74, 6) is -0.361. The molecule has 55 heavy (non-hydrogen) atoms. The molecule has 1 N–H and O–H groups in total. The number of aliphatic hydroxyl groups excluding tert-OH is 1. The SMILES string of the molecule is CCCCCCCCCCCCCC(=O)O[C@H]1[C@@H](O)[C@H](OCc2ccccc2)[C@@H](OCc2ccccc2)[C@H](OCc2ccccc2)[C@H]1OCc1ccccc1. The standard InChI is InChI=1S/C48H62O7/c1-2-3-4-5-6-7-8-9-10-11-24-33-42(49)55-45-43(50)44(51-34-38-25-16-12-17-26-38)46(52-35-39-27-18-13-19-28-39)48(54-37-41-31-22-15-23-32-41)47(45)53-36-40-29-20-14-21-30-40/h12-23,25-32,43-48,50H,2-11,24,33-37H2,1H3/t43-,44-,45-,46+,47-,48-/m0/s1. The van der Waals surface area contributed by atoms with E-state index < -0.39 is 36.6 Å². The Morgan fingerprint density at radius 1 is 0.436 bits per heavy atom. The Labute approximate surface area is 329 Å². The minimum absolute atomic E-state index is 0.230. The molecule has 1 fully saturated rings. The van der Waals surface area contributed by atoms with Gasteiger partial charge in [0.05, 0.1) is 26.4 Å². The molecular weight excluding hydrogens is 689 g/mol. The van der Waals surface area contributed by atoms with Gasteiger partial charge in [0.25, 0.3) is 0 Å². The summed E-state index contributed by atoms with van der Waals surface area (Å²) in [6.45, 7) is 3.25. The van der Waals surface area contributed by atoms with Crippen LogP contribution in [-0.2, 0) is 54.9 Å². The van der Waals surface area contributed by atoms with Crippen LogP contribution in [0, 0.1) is 0 Å². The molecular formula is C48H62O7. The molecule has 1 aliphatic carbocycles. The van der Waals surface area contributed by atoms with Gasteiger partial charge in [0, 0.05) is 6.42 Å². The molecule has 296 valence electrons. The van der Waals surface area contributed by atoms with Crippen LogP contribution >= 0.6 is 0 Å². The first-order valence-electron chi connectivity index (χ1n) is 20.6. The van der Waals surface area contributed by atoms with Crippen LogP contribution in [0.5, 0.6) is 0 Å². The zero-order chi connectivity index (χ0) is 38.3. The molecule has 4 aromatic carbocycles. The van der Waals surface area contributed by atoms with Gasteiger partial charge in [-0.3, -0.25) is 4.79 Å². The van der Waals surface area contributed by atoms with E-state index in [4.69, 9.17) is 23.7 Å². The van der Waals surface area contributed by atoms with Crippen molar-refractivity contribution in [1.29, 1.82) is 0 Å². The molecule has 0 aromatic heterocycles. The lowest BCUT2D eigenvalue weighted by molar-refractivity contribution is -0.277. The van der Waals surface area contributed by atoms with E-state index in [1.807, 2.05) is 121 Å². The van der Waals surface area contributed by atoms with Gasteiger partial charge in [-0.05, 0) is 28.7 Å². The maximum atomic E-state index is 13.6. The van der Waals surface area contributed by atoms with Crippen molar-refractivity contribution < 1.29 is 33.6 Å². The number of rotatable bonds is 25. The van der Waals surface area contributed by atoms with Crippen molar-refractivity contribution in [3.05, 3.63) is 144 Å². The summed E-state index contributed by atoms with van der Waals surface area (Å²) in [5.41, 5.74) is 3.85. The fraction of sp³-hybridized carbons (Fsp3) is 0.479. The Morgan fingerprint density at radius 3 is 1.13 bits per heavy atom. The molecule has 1 saturated carbocycles. The molecule has 6 atom stereocenters. The monoisotopic (exact) mass is 750 g/mol. The summed E-state index contributed by atoms with van der Waals surface area (Å²) in [4.78, 5) is 13.6. The summed E-state index contributed by atoms with van der Waals surface area (Å²) in [5, 5.41) is 12.2. The number of hydrogen-bond acceptors (Lipinski definition) is 7. The smallest absolute Gasteiger partial charge is 0.306 e. The highest BCUT2D eigenvalue weighted by Gasteiger charge is 2.55. The highest BCUT2D eigenvalue weighted by atomic mass is 16.6. The number of ether oxygens (including phenoxy) is 5. The highest BCUT2D eigenvalue weighted by Crippen LogP contribution is 2.35. The molecule has 0 unspecified atom stereocenters. The van der Waals surface area contributed by atoms with Crippen molar-refractivity contribution in [2.24, 2.45) is 0 Å². The number of aliphatic hydroxyl groups is 1. The molecule has 0 saturated heterocycles. The van der Waals surface area contributed by atoms with E-state index in [0.29, 0.717) is 0 Å². The number of esters is 1. The molecule has 1 aliphatic rings. The maximum Gasteiger partial charge on any atom is 0.306 e. The van der Waals surface area contributed by atoms with Crippen molar-refractivity contribution >= 4 is 5.97 Å². The Kier molecular flexibility index (Phi) is 18.9. The van der Waals surface area contributed by atoms with Gasteiger partial charge in [0.2, 0.25) is 0 Å². The van der Waals surface area contributed by atoms with Crippen molar-refractivity contribution in [2.75, 3.05) is 0 Å². The Bertz CT molecular complexity index is 1570. The number of hydrogen-bond donors (Lipinski definition) is 1. The molecule has 0 radical (unpaired) electrons. The average molecular weight is 751 g/mol. The van der Waals surface area contributed by atoms with E-state index in [1.54, 1.807) is 0 Å². The lowest BCUT2D eigenvalue weighted by atomic mass is 9.83. The van der Waals surface area contributed by atoms with Gasteiger partial charge in [-0.15, -0.1) is 0 Å². The van der Waals surface area contributed by atoms with Crippen molar-refractivity contribution in [3.8, 4) is 0 Å². The Morgan fingerprint density at radius 2 is 0.745 bits per heavy atom. The molecule has 0 amide bonds. The molecule has 0 spiro atoms. The van der Waals surface area contributed by atoms with Crippen LogP contribution in [-0.4, -0.2) is 47.7 Å². The lowest BCUT2D eigenvalue weighted by Gasteiger charge is -2.48. The van der Waals surface area contributed by atoms with Crippen LogP contribution in [0.3, 0.4) is 0 Å². The summed E-state index contributed by atoms with van der Waals surface area (Å²) in [7, 11) is 0. The topological polar surface area (TPSA) is 83.5 Å². The van der Waals surface area contributed by atoms with Gasteiger partial charge in [0.1, 0.15) is 30.5 Å². The number of carbonyl (C=O) groups excluding carboxylic acids is 1. The molecule has 0 aliphatic heterocycles. The predicted octanol–water partition coefficient (Wildman–Crippen LogP) is 10.3. The second-order valence-corrected chi connectivity index (χ2v) is 14.8. The predicted molar refractivity (Wildman–Crippen MR) is 217 cm³/mol. The minimum Gasteiger partial charge on any atom is -0.457 e. The third-order valence-corrected chi connectivity index (χ3v) is 10.4. The average Bonchev–Trinajstić information content (AvgIpc) is 3.23. The van der Waals surface area contributed by atoms with Gasteiger partial charge >= 0.3 is 5.97 Å². The quantitative estimate of drug-likeness (QED) is 0.0533. The van der Waals surface area contributed by atoms with Crippen LogP contribution in [0.2, 0.25) is 0 Å². The maximum absolute atomic E-state index is 13.6. The minimum atomic E-state index is -1.25. The zero-order valence-electron chi connectivity index (χ0n) is 32.7. The van der Waals surface area contributed by atoms with E-state index in [-0.39, 0.29) is 38.8 Å². The van der Waals surface area contributed by atoms with E-state index in [9.17, 15) is 9.90 Å². The second kappa shape index (κ2) is 24.6. The van der Waals surface area contributed by atoms with Crippen LogP contribution in [0.25, 0.3) is 0 Å². The van der Waals surface area contributed by atoms with E-state index in [1.165, 1.54) is 51.4 Å². The largest absolute Gasteiger partial charge is 0.457 e. The number of carbonyl (C=O) groups is 1. The first-order chi connectivity index (χ1) is 27.1. The van der Waals surface area contributed by atoms with E-state index in [0.717, 1.165) is 41.5 Å². The normalized spacial score (nSPS) is 21.0. The Balaban J connectivity index is 1.34. The zero-order valence-corrected chi connectivity index (χ0v) is 32.7. The fourth-order valence-electron chi connectivity index (χ4n) is 7.25. The fourth-order valence-corrected chi connectivity index (χ4v) is 7.25. The first kappa shape index (κ1) is 42.3. The van der Waals surface area contributed by atoms with Crippen LogP contribution in [0.4, 0.5) is 0 Å². The number of unbranched alkanes of at least 4 members (excludes halogenated alkanes) is 10. The van der Waals surface area contributed by atoms with Crippen LogP contribution < -0.4 is 0 Å². The first-order valence-corrected chi connectivity index (χ1v) is 20.6. The highest BCUT2D eigenvalue weighted by molar-refractivity contribution is 5.69. The van der Waals surface area contributed by atoms with Gasteiger partial charge in [-0.25, -0.2) is 0 Å². The summed E-state index contributed by atoms with van der Waals surface area (Å²) in [6.07, 6.45) is 7.83. The summed E-state index contributed by atoms with van der Waals surface area (Å²) < 4.78 is 32.9. The van der Waals surface area contributed by atoms with Gasteiger partial charge < -0.3 is 28.8 Å². The molecule has 7 heteroatoms. The van der Waals surface area contributed by atoms with Gasteiger partial charge in [0.15, 0.2) is 6.10 Å². The molecule has 5 rings (SSSR count). The van der Waals surface area contributed by atoms with E-state index in [2.05, 4.69) is 6.92 Å². The van der Waals surface area contributed by atoms with E-state index >= 15 is 0 Å². The van der Waals surface area contributed by atoms with Crippen molar-refractivity contribution in [1.82, 2.24) is 0 Å². The van der Waals surface area contributed by atoms with Crippen molar-refractivity contribution in [2.45, 2.75) is 147 Å². The Hall–Kier alpha value is -3.85. The lowest BCUT2D eigenvalue weighted by Crippen LogP contribution is -2.67. The second-order valence-electron chi connectivity index (χ2n) is 14.8. The summed E-state index contributed by atoms with van der Waals surface area (Å²) >= 11 is 0. The molecule has 4 aromatic rings. The molecule has 0 bridgehead atoms. The van der Waals surface area contributed by atoms with Crippen LogP contribution in [0.1, 0.15) is 106 Å². The number of benzene rings is 4. The molecule has 0 heterocycles. The summed E-state index contributed by atoms with van der Waals surface area (Å²) in [6, 6.07) is 39.5.